The molecule has 1 radical (unpaired) electrons. The first-order valence-corrected chi connectivity index (χ1v) is 4.33. The van der Waals surface area contributed by atoms with Crippen molar-refractivity contribution in [1.29, 1.82) is 0 Å². The first kappa shape index (κ1) is 9.68. The first-order chi connectivity index (χ1) is 5.70. The molecule has 0 saturated carbocycles. The van der Waals surface area contributed by atoms with Crippen molar-refractivity contribution in [2.75, 3.05) is 19.8 Å². The van der Waals surface area contributed by atoms with Crippen LogP contribution in [0.3, 0.4) is 0 Å². The molecule has 69 valence electrons. The van der Waals surface area contributed by atoms with Gasteiger partial charge in [-0.3, -0.25) is 4.79 Å². The van der Waals surface area contributed by atoms with Crippen LogP contribution < -0.4 is 5.32 Å². The molecule has 1 rings (SSSR count). The number of hydrogen-bond acceptors (Lipinski definition) is 3. The molecule has 0 bridgehead atoms. The van der Waals surface area contributed by atoms with Crippen LogP contribution in [0.5, 0.6) is 0 Å². The zero-order chi connectivity index (χ0) is 8.97. The normalized spacial score (nSPS) is 24.4. The molecule has 12 heavy (non-hydrogen) atoms. The smallest absolute Gasteiger partial charge is 0.152 e. The third-order valence-corrected chi connectivity index (χ3v) is 1.84. The van der Waals surface area contributed by atoms with E-state index in [1.54, 1.807) is 0 Å². The van der Waals surface area contributed by atoms with Crippen LogP contribution >= 0.6 is 0 Å². The minimum Gasteiger partial charge on any atom is -0.378 e. The Balaban J connectivity index is 2.30. The maximum Gasteiger partial charge on any atom is 0.152 e. The second-order valence-electron chi connectivity index (χ2n) is 3.43. The molecule has 1 N–H and O–H groups in total. The largest absolute Gasteiger partial charge is 0.378 e. The van der Waals surface area contributed by atoms with Gasteiger partial charge in [0.15, 0.2) is 5.78 Å². The topological polar surface area (TPSA) is 38.3 Å². The molecule has 1 aliphatic rings. The molecule has 0 aliphatic carbocycles. The molecule has 0 amide bonds. The highest BCUT2D eigenvalue weighted by molar-refractivity contribution is 5.85. The summed E-state index contributed by atoms with van der Waals surface area (Å²) in [7, 11) is 0. The highest BCUT2D eigenvalue weighted by Crippen LogP contribution is 2.06. The lowest BCUT2D eigenvalue weighted by atomic mass is 10.0. The van der Waals surface area contributed by atoms with E-state index >= 15 is 0 Å². The zero-order valence-electron chi connectivity index (χ0n) is 7.72. The molecule has 1 saturated heterocycles. The molecule has 1 unspecified atom stereocenters. The summed E-state index contributed by atoms with van der Waals surface area (Å²) in [6.07, 6.45) is 0.570. The quantitative estimate of drug-likeness (QED) is 0.672. The predicted octanol–water partition coefficient (Wildman–Crippen LogP) is 0.548. The van der Waals surface area contributed by atoms with Crippen molar-refractivity contribution in [3.63, 3.8) is 0 Å². The third-order valence-electron chi connectivity index (χ3n) is 1.84. The third kappa shape index (κ3) is 2.91. The van der Waals surface area contributed by atoms with Crippen LogP contribution in [0.1, 0.15) is 20.3 Å². The van der Waals surface area contributed by atoms with Crippen molar-refractivity contribution in [2.45, 2.75) is 26.3 Å². The number of nitrogens with one attached hydrogen (secondary N) is 1. The van der Waals surface area contributed by atoms with E-state index in [9.17, 15) is 4.79 Å². The first-order valence-electron chi connectivity index (χ1n) is 4.33. The molecule has 0 aromatic rings. The van der Waals surface area contributed by atoms with Gasteiger partial charge < -0.3 is 10.1 Å². The SMILES string of the molecule is C[C](C)CC(=O)C1COCCN1. The van der Waals surface area contributed by atoms with Gasteiger partial charge in [0, 0.05) is 13.0 Å². The summed E-state index contributed by atoms with van der Waals surface area (Å²) in [6.45, 7) is 5.99. The summed E-state index contributed by atoms with van der Waals surface area (Å²) in [5.74, 6) is 1.40. The van der Waals surface area contributed by atoms with Crippen molar-refractivity contribution in [2.24, 2.45) is 0 Å². The van der Waals surface area contributed by atoms with Crippen LogP contribution in [-0.4, -0.2) is 31.6 Å². The molecule has 0 spiro atoms. The predicted molar refractivity (Wildman–Crippen MR) is 46.8 cm³/mol. The number of ether oxygens (including phenoxy) is 1. The van der Waals surface area contributed by atoms with Crippen LogP contribution in [-0.2, 0) is 9.53 Å². The second kappa shape index (κ2) is 4.58. The minimum absolute atomic E-state index is 0.0753. The van der Waals surface area contributed by atoms with Crippen molar-refractivity contribution in [1.82, 2.24) is 5.32 Å². The standard InChI is InChI=1S/C9H16NO2/c1-7(2)5-9(11)8-6-12-4-3-10-8/h8,10H,3-6H2,1-2H3. The van der Waals surface area contributed by atoms with Crippen molar-refractivity contribution in [3.05, 3.63) is 5.92 Å². The number of Topliss-reactive ketones (excluding diaryl/α,β-unsaturated/α-hetero) is 1. The molecule has 0 aromatic heterocycles. The van der Waals surface area contributed by atoms with Gasteiger partial charge in [0.2, 0.25) is 0 Å². The lowest BCUT2D eigenvalue weighted by Gasteiger charge is -2.23. The Bertz CT molecular complexity index is 151. The Kier molecular flexibility index (Phi) is 3.69. The highest BCUT2D eigenvalue weighted by Gasteiger charge is 2.21. The second-order valence-corrected chi connectivity index (χ2v) is 3.43. The van der Waals surface area contributed by atoms with Gasteiger partial charge in [0.1, 0.15) is 0 Å². The van der Waals surface area contributed by atoms with E-state index in [0.717, 1.165) is 19.1 Å². The van der Waals surface area contributed by atoms with Gasteiger partial charge in [0.05, 0.1) is 19.3 Å². The zero-order valence-corrected chi connectivity index (χ0v) is 7.72. The average molecular weight is 170 g/mol. The van der Waals surface area contributed by atoms with Gasteiger partial charge in [-0.15, -0.1) is 0 Å². The van der Waals surface area contributed by atoms with E-state index < -0.39 is 0 Å². The van der Waals surface area contributed by atoms with Crippen LogP contribution in [0.2, 0.25) is 0 Å². The van der Waals surface area contributed by atoms with Gasteiger partial charge in [-0.2, -0.15) is 0 Å². The summed E-state index contributed by atoms with van der Waals surface area (Å²) >= 11 is 0. The van der Waals surface area contributed by atoms with E-state index in [4.69, 9.17) is 4.74 Å². The Morgan fingerprint density at radius 3 is 2.83 bits per heavy atom. The summed E-state index contributed by atoms with van der Waals surface area (Å²) in [5.41, 5.74) is 0. The fraction of sp³-hybridized carbons (Fsp3) is 0.778. The van der Waals surface area contributed by atoms with Crippen LogP contribution in [0.4, 0.5) is 0 Å². The molecule has 3 nitrogen and oxygen atoms in total. The summed E-state index contributed by atoms with van der Waals surface area (Å²) in [6, 6.07) is -0.0753. The van der Waals surface area contributed by atoms with Crippen LogP contribution in [0, 0.1) is 5.92 Å². The number of rotatable bonds is 3. The lowest BCUT2D eigenvalue weighted by Crippen LogP contribution is -2.46. The van der Waals surface area contributed by atoms with Crippen molar-refractivity contribution >= 4 is 5.78 Å². The Morgan fingerprint density at radius 1 is 1.58 bits per heavy atom. The number of hydrogen-bond donors (Lipinski definition) is 1. The summed E-state index contributed by atoms with van der Waals surface area (Å²) in [5, 5.41) is 3.14. The maximum atomic E-state index is 11.4. The van der Waals surface area contributed by atoms with Gasteiger partial charge in [-0.25, -0.2) is 0 Å². The molecule has 1 atom stereocenters. The van der Waals surface area contributed by atoms with Gasteiger partial charge in [-0.1, -0.05) is 13.8 Å². The molecule has 1 aliphatic heterocycles. The number of carbonyl (C=O) groups excluding carboxylic acids is 1. The Hall–Kier alpha value is -0.410. The van der Waals surface area contributed by atoms with Crippen molar-refractivity contribution in [3.8, 4) is 0 Å². The number of carbonyl (C=O) groups is 1. The molecular weight excluding hydrogens is 154 g/mol. The fourth-order valence-electron chi connectivity index (χ4n) is 1.24. The van der Waals surface area contributed by atoms with E-state index in [2.05, 4.69) is 5.32 Å². The molecule has 1 heterocycles. The van der Waals surface area contributed by atoms with E-state index in [0.29, 0.717) is 13.0 Å². The highest BCUT2D eigenvalue weighted by atomic mass is 16.5. The summed E-state index contributed by atoms with van der Waals surface area (Å²) in [4.78, 5) is 11.4. The lowest BCUT2D eigenvalue weighted by molar-refractivity contribution is -0.123. The van der Waals surface area contributed by atoms with E-state index in [1.165, 1.54) is 0 Å². The molecule has 1 fully saturated rings. The molecular formula is C9H16NO2. The van der Waals surface area contributed by atoms with Crippen LogP contribution in [0.25, 0.3) is 0 Å². The Morgan fingerprint density at radius 2 is 2.33 bits per heavy atom. The van der Waals surface area contributed by atoms with E-state index in [-0.39, 0.29) is 11.8 Å². The molecule has 3 heteroatoms. The summed E-state index contributed by atoms with van der Waals surface area (Å²) < 4.78 is 5.19. The fourth-order valence-corrected chi connectivity index (χ4v) is 1.24. The maximum absolute atomic E-state index is 11.4. The average Bonchev–Trinajstić information content (AvgIpc) is 2.05. The minimum atomic E-state index is -0.0753. The monoisotopic (exact) mass is 170 g/mol. The van der Waals surface area contributed by atoms with Crippen LogP contribution in [0.15, 0.2) is 0 Å². The molecule has 0 aromatic carbocycles. The van der Waals surface area contributed by atoms with Gasteiger partial charge >= 0.3 is 0 Å². The number of morpholine rings is 1. The number of ketones is 1. The Labute approximate surface area is 73.5 Å². The van der Waals surface area contributed by atoms with Gasteiger partial charge in [0.25, 0.3) is 0 Å². The van der Waals surface area contributed by atoms with Crippen molar-refractivity contribution < 1.29 is 9.53 Å². The van der Waals surface area contributed by atoms with E-state index in [1.807, 2.05) is 13.8 Å². The van der Waals surface area contributed by atoms with Gasteiger partial charge in [-0.05, 0) is 5.92 Å².